The van der Waals surface area contributed by atoms with Crippen LogP contribution in [0.25, 0.3) is 0 Å². The van der Waals surface area contributed by atoms with Crippen molar-refractivity contribution in [1.82, 2.24) is 5.32 Å². The number of aliphatic hydroxyl groups is 5. The molecule has 9 heteroatoms. The fraction of sp³-hybridized carbons (Fsp3) is 0.810. The first kappa shape index (κ1) is 62.9. The second-order valence-electron chi connectivity index (χ2n) is 19.4. The molecular weight excluding hydrogens is 839 g/mol. The zero-order valence-corrected chi connectivity index (χ0v) is 43.1. The molecule has 0 aromatic heterocycles. The third-order valence-electron chi connectivity index (χ3n) is 13.0. The van der Waals surface area contributed by atoms with Crippen LogP contribution in [0.1, 0.15) is 245 Å². The smallest absolute Gasteiger partial charge is 0.220 e. The first-order valence-corrected chi connectivity index (χ1v) is 28.0. The minimum Gasteiger partial charge on any atom is -0.394 e. The van der Waals surface area contributed by atoms with Crippen molar-refractivity contribution in [2.75, 3.05) is 13.2 Å². The van der Waals surface area contributed by atoms with E-state index in [4.69, 9.17) is 9.47 Å². The molecule has 1 saturated heterocycles. The van der Waals surface area contributed by atoms with Crippen molar-refractivity contribution in [3.05, 3.63) is 60.8 Å². The Balaban J connectivity index is 2.10. The first-order valence-electron chi connectivity index (χ1n) is 28.0. The molecule has 390 valence electrons. The molecule has 1 fully saturated rings. The topological polar surface area (TPSA) is 149 Å². The Bertz CT molecular complexity index is 1230. The number of allylic oxidation sites excluding steroid dienone is 9. The molecule has 6 N–H and O–H groups in total. The lowest BCUT2D eigenvalue weighted by Crippen LogP contribution is -2.60. The molecule has 0 aliphatic carbocycles. The lowest BCUT2D eigenvalue weighted by atomic mass is 9.99. The van der Waals surface area contributed by atoms with Crippen LogP contribution in [0.5, 0.6) is 0 Å². The highest BCUT2D eigenvalue weighted by molar-refractivity contribution is 5.76. The summed E-state index contributed by atoms with van der Waals surface area (Å²) in [4.78, 5) is 13.0. The van der Waals surface area contributed by atoms with Crippen LogP contribution in [-0.2, 0) is 14.3 Å². The van der Waals surface area contributed by atoms with E-state index in [1.807, 2.05) is 6.08 Å². The molecule has 1 aliphatic heterocycles. The molecule has 1 rings (SSSR count). The highest BCUT2D eigenvalue weighted by Gasteiger charge is 2.44. The number of ether oxygens (including phenoxy) is 2. The predicted molar refractivity (Wildman–Crippen MR) is 281 cm³/mol. The predicted octanol–water partition coefficient (Wildman–Crippen LogP) is 13.5. The summed E-state index contributed by atoms with van der Waals surface area (Å²) < 4.78 is 11.2. The number of carbonyl (C=O) groups excluding carboxylic acids is 1. The van der Waals surface area contributed by atoms with E-state index in [1.54, 1.807) is 6.08 Å². The number of hydrogen-bond donors (Lipinski definition) is 6. The third-order valence-corrected chi connectivity index (χ3v) is 13.0. The number of nitrogens with one attached hydrogen (secondary N) is 1. The van der Waals surface area contributed by atoms with Gasteiger partial charge in [-0.15, -0.1) is 0 Å². The summed E-state index contributed by atoms with van der Waals surface area (Å²) >= 11 is 0. The maximum absolute atomic E-state index is 13.0. The van der Waals surface area contributed by atoms with E-state index in [0.29, 0.717) is 6.42 Å². The summed E-state index contributed by atoms with van der Waals surface area (Å²) in [5.74, 6) is -0.191. The summed E-state index contributed by atoms with van der Waals surface area (Å²) in [6, 6.07) is -0.827. The molecule has 0 bridgehead atoms. The van der Waals surface area contributed by atoms with Crippen molar-refractivity contribution in [1.29, 1.82) is 0 Å². The van der Waals surface area contributed by atoms with Crippen LogP contribution in [0.3, 0.4) is 0 Å². The molecule has 67 heavy (non-hydrogen) atoms. The Morgan fingerprint density at radius 1 is 0.507 bits per heavy atom. The van der Waals surface area contributed by atoms with E-state index in [-0.39, 0.29) is 12.5 Å². The molecule has 0 aromatic carbocycles. The van der Waals surface area contributed by atoms with Crippen LogP contribution in [0.4, 0.5) is 0 Å². The van der Waals surface area contributed by atoms with Gasteiger partial charge in [0.15, 0.2) is 6.29 Å². The molecule has 0 aromatic rings. The Morgan fingerprint density at radius 2 is 0.925 bits per heavy atom. The van der Waals surface area contributed by atoms with Gasteiger partial charge in [-0.05, 0) is 70.6 Å². The number of hydrogen-bond acceptors (Lipinski definition) is 8. The molecule has 1 amide bonds. The highest BCUT2D eigenvalue weighted by atomic mass is 16.7. The lowest BCUT2D eigenvalue weighted by molar-refractivity contribution is -0.302. The number of amides is 1. The van der Waals surface area contributed by atoms with E-state index in [1.165, 1.54) is 161 Å². The Labute approximate surface area is 411 Å². The van der Waals surface area contributed by atoms with Crippen molar-refractivity contribution in [3.8, 4) is 0 Å². The molecular formula is C58H105NO8. The fourth-order valence-electron chi connectivity index (χ4n) is 8.58. The zero-order chi connectivity index (χ0) is 48.7. The minimum atomic E-state index is -1.57. The average molecular weight is 944 g/mol. The van der Waals surface area contributed by atoms with E-state index in [9.17, 15) is 30.3 Å². The molecule has 7 unspecified atom stereocenters. The molecule has 1 aliphatic rings. The maximum Gasteiger partial charge on any atom is 0.220 e. The van der Waals surface area contributed by atoms with Crippen LogP contribution < -0.4 is 5.32 Å². The van der Waals surface area contributed by atoms with Gasteiger partial charge in [-0.1, -0.05) is 229 Å². The van der Waals surface area contributed by atoms with Gasteiger partial charge in [0.2, 0.25) is 5.91 Å². The zero-order valence-electron chi connectivity index (χ0n) is 43.1. The number of unbranched alkanes of at least 4 members (excludes halogenated alkanes) is 29. The van der Waals surface area contributed by atoms with Gasteiger partial charge >= 0.3 is 0 Å². The van der Waals surface area contributed by atoms with Crippen LogP contribution in [0.15, 0.2) is 60.8 Å². The average Bonchev–Trinajstić information content (AvgIpc) is 3.33. The van der Waals surface area contributed by atoms with Crippen molar-refractivity contribution >= 4 is 5.91 Å². The van der Waals surface area contributed by atoms with E-state index < -0.39 is 49.5 Å². The van der Waals surface area contributed by atoms with Gasteiger partial charge in [0.1, 0.15) is 24.4 Å². The van der Waals surface area contributed by atoms with Crippen molar-refractivity contribution in [3.63, 3.8) is 0 Å². The van der Waals surface area contributed by atoms with Gasteiger partial charge in [0.25, 0.3) is 0 Å². The third kappa shape index (κ3) is 37.4. The van der Waals surface area contributed by atoms with Gasteiger partial charge in [-0.3, -0.25) is 4.79 Å². The van der Waals surface area contributed by atoms with Crippen molar-refractivity contribution in [2.24, 2.45) is 0 Å². The van der Waals surface area contributed by atoms with E-state index >= 15 is 0 Å². The van der Waals surface area contributed by atoms with Crippen LogP contribution in [0.2, 0.25) is 0 Å². The SMILES string of the molecule is CCC/C=C/CC/C=C/CC/C=C/C(O)C(COC1OC(CO)C(O)C(O)C1O)NC(=O)CCCCCCCCCCCCCCCCCCCCCCC/C=C\C/C=C\CCCCCCC. The van der Waals surface area contributed by atoms with Crippen molar-refractivity contribution in [2.45, 2.75) is 288 Å². The Morgan fingerprint density at radius 3 is 1.39 bits per heavy atom. The van der Waals surface area contributed by atoms with Gasteiger partial charge in [0, 0.05) is 6.42 Å². The van der Waals surface area contributed by atoms with Gasteiger partial charge in [-0.2, -0.15) is 0 Å². The van der Waals surface area contributed by atoms with Gasteiger partial charge in [-0.25, -0.2) is 0 Å². The Hall–Kier alpha value is -2.11. The van der Waals surface area contributed by atoms with Crippen LogP contribution in [-0.4, -0.2) is 87.5 Å². The van der Waals surface area contributed by atoms with Gasteiger partial charge < -0.3 is 40.3 Å². The summed E-state index contributed by atoms with van der Waals surface area (Å²) in [6.45, 7) is 3.67. The molecule has 0 saturated carbocycles. The standard InChI is InChI=1S/C58H105NO8/c1-3-5-7-9-11-13-15-16-17-18-19-20-21-22-23-24-25-26-27-28-29-30-31-32-33-34-35-36-38-40-42-44-46-48-54(62)59-51(50-66-58-57(65)56(64)55(63)53(49-60)67-58)52(61)47-45-43-41-39-37-14-12-10-8-6-4-2/h8,10,15-16,18-19,37,39,45,47,51-53,55-58,60-61,63-65H,3-7,9,11-14,17,20-36,38,40-44,46,48-50H2,1-2H3,(H,59,62)/b10-8+,16-15-,19-18-,39-37+,47-45+. The Kier molecular flexibility index (Phi) is 44.7. The maximum atomic E-state index is 13.0. The minimum absolute atomic E-state index is 0.191. The van der Waals surface area contributed by atoms with Crippen LogP contribution >= 0.6 is 0 Å². The van der Waals surface area contributed by atoms with Gasteiger partial charge in [0.05, 0.1) is 25.4 Å². The van der Waals surface area contributed by atoms with E-state index in [2.05, 4.69) is 67.8 Å². The quantitative estimate of drug-likeness (QED) is 0.0261. The molecule has 9 nitrogen and oxygen atoms in total. The van der Waals surface area contributed by atoms with Crippen LogP contribution in [0, 0.1) is 0 Å². The number of rotatable bonds is 47. The summed E-state index contributed by atoms with van der Waals surface area (Å²) in [5.41, 5.74) is 0. The normalized spacial score (nSPS) is 20.1. The summed E-state index contributed by atoms with van der Waals surface area (Å²) in [7, 11) is 0. The monoisotopic (exact) mass is 944 g/mol. The summed E-state index contributed by atoms with van der Waals surface area (Å²) in [5, 5.41) is 54.2. The molecule has 0 radical (unpaired) electrons. The second kappa shape index (κ2) is 47.6. The van der Waals surface area contributed by atoms with E-state index in [0.717, 1.165) is 64.2 Å². The van der Waals surface area contributed by atoms with Crippen molar-refractivity contribution < 1.29 is 39.8 Å². The number of aliphatic hydroxyl groups excluding tert-OH is 5. The number of carbonyl (C=O) groups is 1. The molecule has 7 atom stereocenters. The lowest BCUT2D eigenvalue weighted by Gasteiger charge is -2.40. The largest absolute Gasteiger partial charge is 0.394 e. The second-order valence-corrected chi connectivity index (χ2v) is 19.4. The molecule has 1 heterocycles. The first-order chi connectivity index (χ1) is 32.8. The summed E-state index contributed by atoms with van der Waals surface area (Å²) in [6.07, 6.45) is 57.4. The highest BCUT2D eigenvalue weighted by Crippen LogP contribution is 2.23. The fourth-order valence-corrected chi connectivity index (χ4v) is 8.58. The molecule has 0 spiro atoms.